The van der Waals surface area contributed by atoms with Gasteiger partial charge in [-0.2, -0.15) is 16.8 Å². The molecule has 0 radical (unpaired) electrons. The van der Waals surface area contributed by atoms with E-state index in [-0.39, 0.29) is 63.6 Å². The van der Waals surface area contributed by atoms with Crippen LogP contribution in [0, 0.1) is 0 Å². The Morgan fingerprint density at radius 3 is 1.19 bits per heavy atom. The second-order valence-electron chi connectivity index (χ2n) is 32.6. The van der Waals surface area contributed by atoms with E-state index in [0.29, 0.717) is 111 Å². The molecule has 0 bridgehead atoms. The van der Waals surface area contributed by atoms with Crippen LogP contribution in [-0.2, 0) is 81.3 Å². The van der Waals surface area contributed by atoms with E-state index in [1.54, 1.807) is 105 Å². The van der Waals surface area contributed by atoms with Crippen molar-refractivity contribution in [3.63, 3.8) is 0 Å². The molecule has 12 fully saturated rings. The number of carbonyl (C=O) groups is 12. The van der Waals surface area contributed by atoms with Gasteiger partial charge in [0.1, 0.15) is 89.7 Å². The van der Waals surface area contributed by atoms with E-state index in [9.17, 15) is 57.5 Å². The van der Waals surface area contributed by atoms with Gasteiger partial charge in [-0.15, -0.1) is 11.8 Å². The summed E-state index contributed by atoms with van der Waals surface area (Å²) < 4.78 is 22.3. The molecule has 12 heterocycles. The van der Waals surface area contributed by atoms with E-state index >= 15 is 0 Å². The molecule has 702 valence electrons. The monoisotopic (exact) mass is 1780 g/mol. The van der Waals surface area contributed by atoms with Gasteiger partial charge in [-0.1, -0.05) is 18.4 Å². The standard InChI is InChI=1S/C8H16N2O.C8H15NO.3C7H14N2O.3C7H13NO2.3C7H13NOS.C6H11NO3/c1-8(11)7-10-5-3-9(2)4-6-10;1-8(10)7-9-5-3-2-4-6-9;1-7(10)6-9-4-2-8-3-5-9;1-7(10)5-9-4-2-3-8-6-9;1-7(10)6-9-5-3-2-4-8-9;1-7(9)6-8-2-4-10-5-3-8;1-7(9)5-8-3-2-4-10-6-8;1-7(9)6-8-4-2-3-5-10-8;1-7(9)6-8-2-4-10-5-3-8;1-7(9)5-8-3-2-4-10-6-8;1-7(9)6-8-4-2-3-5-10-8;1-6(8)2-7-3-9-5-10-4-7/h3-7H2,1-2H3;2-7H2,1H3;3*8H,2-6H2,1H3;6*2-6H2,1H3;2-5H2,1H3. The Kier molecular flexibility index (Phi) is 72.7. The van der Waals surface area contributed by atoms with E-state index in [1.165, 1.54) is 74.4 Å². The highest BCUT2D eigenvalue weighted by Crippen LogP contribution is 2.19. The molecule has 3 N–H and O–H groups in total. The summed E-state index contributed by atoms with van der Waals surface area (Å²) in [6.07, 6.45) is 14.6. The molecule has 12 rings (SSSR count). The Bertz CT molecular complexity index is 2190. The largest absolute Gasteiger partial charge is 0.379 e. The van der Waals surface area contributed by atoms with Gasteiger partial charge >= 0.3 is 0 Å². The third kappa shape index (κ3) is 75.0. The van der Waals surface area contributed by atoms with Gasteiger partial charge in [-0.05, 0) is 186 Å². The molecule has 121 heavy (non-hydrogen) atoms. The maximum atomic E-state index is 10.7. The van der Waals surface area contributed by atoms with Crippen molar-refractivity contribution in [2.45, 2.75) is 160 Å². The fraction of sp³-hybridized carbons (Fsp3) is 0.859. The third-order valence-corrected chi connectivity index (χ3v) is 22.2. The number of ketones is 12. The van der Waals surface area contributed by atoms with E-state index in [2.05, 4.69) is 66.6 Å². The lowest BCUT2D eigenvalue weighted by molar-refractivity contribution is -0.183. The number of Topliss-reactive ketones (excluding diaryl/α,β-unsaturated/α-hetero) is 12. The number of thioether (sulfide) groups is 2. The summed E-state index contributed by atoms with van der Waals surface area (Å²) in [5.41, 5.74) is 3.16. The van der Waals surface area contributed by atoms with Crippen molar-refractivity contribution in [3.8, 4) is 0 Å². The fourth-order valence-corrected chi connectivity index (χ4v) is 16.5. The van der Waals surface area contributed by atoms with Crippen molar-refractivity contribution in [3.05, 3.63) is 0 Å². The molecule has 12 aliphatic heterocycles. The Morgan fingerprint density at radius 1 is 0.281 bits per heavy atom. The van der Waals surface area contributed by atoms with E-state index in [1.807, 2.05) is 33.4 Å². The fourth-order valence-electron chi connectivity index (χ4n) is 13.5. The lowest BCUT2D eigenvalue weighted by Crippen LogP contribution is -2.45. The minimum Gasteiger partial charge on any atom is -0.379 e. The molecule has 33 nitrogen and oxygen atoms in total. The van der Waals surface area contributed by atoms with E-state index in [0.717, 1.165) is 209 Å². The summed E-state index contributed by atoms with van der Waals surface area (Å²) in [4.78, 5) is 154. The Morgan fingerprint density at radius 2 is 0.727 bits per heavy atom. The van der Waals surface area contributed by atoms with E-state index < -0.39 is 0 Å². The first-order valence-corrected chi connectivity index (χ1v) is 47.4. The summed E-state index contributed by atoms with van der Waals surface area (Å²) in [5, 5.41) is 10.2. The first-order valence-electron chi connectivity index (χ1n) is 44.1. The first kappa shape index (κ1) is 115. The molecule has 0 aliphatic carbocycles. The van der Waals surface area contributed by atoms with Crippen LogP contribution in [-0.4, -0.2) is 451 Å². The highest BCUT2D eigenvalue weighted by molar-refractivity contribution is 7.99. The van der Waals surface area contributed by atoms with Crippen molar-refractivity contribution in [2.75, 3.05) is 319 Å². The molecule has 0 saturated carbocycles. The number of carbonyl (C=O) groups excluding carboxylic acids is 12. The number of rotatable bonds is 24. The summed E-state index contributed by atoms with van der Waals surface area (Å²) in [5.74, 6) is 8.77. The molecule has 0 unspecified atom stereocenters. The van der Waals surface area contributed by atoms with Gasteiger partial charge in [-0.3, -0.25) is 112 Å². The van der Waals surface area contributed by atoms with Crippen molar-refractivity contribution in [1.82, 2.24) is 79.4 Å². The zero-order chi connectivity index (χ0) is 89.6. The molecule has 0 aromatic heterocycles. The molecule has 0 aromatic rings. The lowest BCUT2D eigenvalue weighted by atomic mass is 10.1. The average molecular weight is 1780 g/mol. The van der Waals surface area contributed by atoms with Crippen LogP contribution in [0.4, 0.5) is 0 Å². The SMILES string of the molecule is CC(=O)CN1CCCCC1.CC(=O)CN1CCCCN1.CC(=O)CN1CCCCO1.CC(=O)CN1CCCCS1.CC(=O)CN1CCCNC1.CC(=O)CN1CCCOC1.CC(=O)CN1CCCSC1.CC(=O)CN1CCN(C)CC1.CC(=O)CN1CCNCC1.CC(=O)CN1CCOCC1.CC(=O)CN1CCSCC1.CC(=O)CN1COCOC1. The number of nitrogens with zero attached hydrogens (tertiary/aromatic N) is 13. The molecule has 0 aromatic carbocycles. The number of likely N-dealkylation sites (tertiary alicyclic amines) is 1. The van der Waals surface area contributed by atoms with Crippen molar-refractivity contribution >= 4 is 105 Å². The number of ether oxygens (including phenoxy) is 4. The van der Waals surface area contributed by atoms with Crippen LogP contribution < -0.4 is 16.1 Å². The van der Waals surface area contributed by atoms with Gasteiger partial charge in [0.15, 0.2) is 0 Å². The Labute approximate surface area is 740 Å². The van der Waals surface area contributed by atoms with Crippen LogP contribution in [0.25, 0.3) is 0 Å². The zero-order valence-electron chi connectivity index (χ0n) is 76.9. The smallest absolute Gasteiger partial charge is 0.150 e. The number of hydrogen-bond donors (Lipinski definition) is 3. The van der Waals surface area contributed by atoms with Crippen LogP contribution in [0.3, 0.4) is 0 Å². The van der Waals surface area contributed by atoms with Crippen LogP contribution in [0.2, 0.25) is 0 Å². The maximum absolute atomic E-state index is 10.7. The van der Waals surface area contributed by atoms with Crippen LogP contribution in [0.15, 0.2) is 0 Å². The molecule has 0 amide bonds. The second kappa shape index (κ2) is 76.3. The summed E-state index contributed by atoms with van der Waals surface area (Å²) >= 11 is 5.70. The van der Waals surface area contributed by atoms with Crippen molar-refractivity contribution in [2.24, 2.45) is 0 Å². The highest BCUT2D eigenvalue weighted by Gasteiger charge is 2.20. The number of likely N-dealkylation sites (N-methyl/N-ethyl adjacent to an activating group) is 1. The summed E-state index contributed by atoms with van der Waals surface area (Å²) in [7, 11) is 2.12. The number of piperidine rings is 1. The van der Waals surface area contributed by atoms with Gasteiger partial charge in [0, 0.05) is 161 Å². The number of piperazine rings is 2. The minimum absolute atomic E-state index is 0.133. The quantitative estimate of drug-likeness (QED) is 0.116. The maximum Gasteiger partial charge on any atom is 0.150 e. The minimum atomic E-state index is 0.133. The van der Waals surface area contributed by atoms with Gasteiger partial charge in [0.2, 0.25) is 0 Å². The predicted octanol–water partition coefficient (Wildman–Crippen LogP) is 3.85. The van der Waals surface area contributed by atoms with Crippen LogP contribution in [0.5, 0.6) is 0 Å². The Hall–Kier alpha value is -3.75. The molecule has 12 aliphatic rings. The number of nitrogens with one attached hydrogen (secondary N) is 3. The summed E-state index contributed by atoms with van der Waals surface area (Å²) in [6, 6.07) is 0. The molecule has 0 atom stereocenters. The van der Waals surface area contributed by atoms with Gasteiger partial charge in [0.25, 0.3) is 0 Å². The highest BCUT2D eigenvalue weighted by atomic mass is 32.2. The Balaban J connectivity index is 0.000000660. The van der Waals surface area contributed by atoms with Crippen LogP contribution in [0.1, 0.15) is 160 Å². The molecule has 36 heteroatoms. The topological polar surface area (TPSA) is 329 Å². The average Bonchev–Trinajstić information content (AvgIpc) is 0.920. The molecule has 12 saturated heterocycles. The molecular formula is C85H162N16O17S3. The third-order valence-electron chi connectivity index (χ3n) is 19.0. The van der Waals surface area contributed by atoms with Gasteiger partial charge < -0.3 is 34.5 Å². The molecular weight excluding hydrogens is 1610 g/mol. The summed E-state index contributed by atoms with van der Waals surface area (Å²) in [6.45, 7) is 55.4. The second-order valence-corrected chi connectivity index (χ2v) is 36.0. The number of hydrazine groups is 1. The van der Waals surface area contributed by atoms with Gasteiger partial charge in [0.05, 0.1) is 105 Å². The van der Waals surface area contributed by atoms with Gasteiger partial charge in [-0.25, -0.2) is 9.31 Å². The molecule has 0 spiro atoms. The number of morpholine rings is 1. The lowest BCUT2D eigenvalue weighted by Gasteiger charge is -2.31. The van der Waals surface area contributed by atoms with Crippen molar-refractivity contribution < 1.29 is 81.3 Å². The normalized spacial score (nSPS) is 21.0. The zero-order valence-corrected chi connectivity index (χ0v) is 79.4. The van der Waals surface area contributed by atoms with Crippen LogP contribution >= 0.6 is 35.5 Å². The first-order chi connectivity index (χ1) is 57.8. The number of hydroxylamine groups is 2. The van der Waals surface area contributed by atoms with Crippen molar-refractivity contribution in [1.29, 1.82) is 0 Å². The predicted molar refractivity (Wildman–Crippen MR) is 485 cm³/mol. The number of hydrogen-bond acceptors (Lipinski definition) is 36. The van der Waals surface area contributed by atoms with E-state index in [4.69, 9.17) is 23.8 Å².